The summed E-state index contributed by atoms with van der Waals surface area (Å²) in [6, 6.07) is 7.13. The number of thiophene rings is 1. The molecule has 7 heteroatoms. The maximum Gasteiger partial charge on any atom is 0.263 e. The van der Waals surface area contributed by atoms with Crippen LogP contribution in [-0.4, -0.2) is 27.7 Å². The Labute approximate surface area is 166 Å². The van der Waals surface area contributed by atoms with E-state index in [4.69, 9.17) is 4.74 Å². The predicted octanol–water partition coefficient (Wildman–Crippen LogP) is 4.47. The van der Waals surface area contributed by atoms with E-state index in [0.717, 1.165) is 21.0 Å². The van der Waals surface area contributed by atoms with Crippen molar-refractivity contribution < 1.29 is 9.53 Å². The van der Waals surface area contributed by atoms with Gasteiger partial charge in [-0.2, -0.15) is 0 Å². The normalized spacial score (nSPS) is 11.1. The molecule has 27 heavy (non-hydrogen) atoms. The van der Waals surface area contributed by atoms with Crippen LogP contribution in [0.15, 0.2) is 34.2 Å². The topological polar surface area (TPSA) is 61.2 Å². The highest BCUT2D eigenvalue weighted by atomic mass is 32.2. The van der Waals surface area contributed by atoms with Crippen LogP contribution in [0, 0.1) is 13.8 Å². The Morgan fingerprint density at radius 1 is 1.22 bits per heavy atom. The van der Waals surface area contributed by atoms with Gasteiger partial charge < -0.3 is 4.74 Å². The Morgan fingerprint density at radius 2 is 1.93 bits per heavy atom. The highest BCUT2D eigenvalue weighted by Crippen LogP contribution is 2.28. The molecular weight excluding hydrogens is 380 g/mol. The zero-order valence-electron chi connectivity index (χ0n) is 15.9. The first-order valence-electron chi connectivity index (χ1n) is 8.85. The monoisotopic (exact) mass is 402 g/mol. The summed E-state index contributed by atoms with van der Waals surface area (Å²) in [5.41, 5.74) is 1.59. The van der Waals surface area contributed by atoms with E-state index in [0.29, 0.717) is 29.3 Å². The van der Waals surface area contributed by atoms with Crippen LogP contribution in [-0.2, 0) is 6.54 Å². The van der Waals surface area contributed by atoms with E-state index in [1.54, 1.807) is 28.8 Å². The third-order valence-electron chi connectivity index (χ3n) is 4.39. The van der Waals surface area contributed by atoms with Crippen LogP contribution in [0.2, 0.25) is 0 Å². The van der Waals surface area contributed by atoms with Crippen LogP contribution in [0.3, 0.4) is 0 Å². The Morgan fingerprint density at radius 3 is 2.56 bits per heavy atom. The molecule has 2 heterocycles. The second kappa shape index (κ2) is 8.27. The lowest BCUT2D eigenvalue weighted by atomic mass is 10.1. The molecular formula is C20H22N2O3S2. The number of carbonyl (C=O) groups excluding carboxylic acids is 1. The summed E-state index contributed by atoms with van der Waals surface area (Å²) < 4.78 is 7.05. The molecule has 0 atom stereocenters. The average molecular weight is 403 g/mol. The molecule has 0 aliphatic heterocycles. The first-order chi connectivity index (χ1) is 13.0. The standard InChI is InChI=1S/C20H22N2O3S2/c1-5-22-19(24)17-12(3)13(4)27-18(17)21-20(22)26-11-16(23)14-7-9-15(10-8-14)25-6-2/h7-10H,5-6,11H2,1-4H3. The van der Waals surface area contributed by atoms with E-state index in [2.05, 4.69) is 4.98 Å². The van der Waals surface area contributed by atoms with Crippen molar-refractivity contribution in [1.29, 1.82) is 0 Å². The fourth-order valence-corrected chi connectivity index (χ4v) is 4.84. The summed E-state index contributed by atoms with van der Waals surface area (Å²) in [6.07, 6.45) is 0. The van der Waals surface area contributed by atoms with Gasteiger partial charge in [0.2, 0.25) is 0 Å². The summed E-state index contributed by atoms with van der Waals surface area (Å²) in [5, 5.41) is 1.29. The smallest absolute Gasteiger partial charge is 0.263 e. The molecule has 0 radical (unpaired) electrons. The molecule has 0 amide bonds. The number of ether oxygens (including phenoxy) is 1. The molecule has 0 N–H and O–H groups in total. The zero-order chi connectivity index (χ0) is 19.6. The molecule has 1 aromatic carbocycles. The summed E-state index contributed by atoms with van der Waals surface area (Å²) >= 11 is 2.84. The second-order valence-corrected chi connectivity index (χ2v) is 8.22. The molecule has 0 unspecified atom stereocenters. The number of rotatable bonds is 7. The van der Waals surface area contributed by atoms with E-state index in [9.17, 15) is 9.59 Å². The molecule has 3 aromatic rings. The van der Waals surface area contributed by atoms with Gasteiger partial charge in [-0.15, -0.1) is 11.3 Å². The van der Waals surface area contributed by atoms with Gasteiger partial charge in [0.15, 0.2) is 10.9 Å². The summed E-state index contributed by atoms with van der Waals surface area (Å²) in [5.74, 6) is 0.977. The maximum atomic E-state index is 12.8. The van der Waals surface area contributed by atoms with Crippen molar-refractivity contribution in [3.63, 3.8) is 0 Å². The number of benzene rings is 1. The fraction of sp³-hybridized carbons (Fsp3) is 0.350. The van der Waals surface area contributed by atoms with Crippen molar-refractivity contribution in [2.75, 3.05) is 12.4 Å². The van der Waals surface area contributed by atoms with Crippen molar-refractivity contribution in [2.45, 2.75) is 39.4 Å². The molecule has 5 nitrogen and oxygen atoms in total. The minimum atomic E-state index is -0.0274. The third-order valence-corrected chi connectivity index (χ3v) is 6.47. The summed E-state index contributed by atoms with van der Waals surface area (Å²) in [7, 11) is 0. The summed E-state index contributed by atoms with van der Waals surface area (Å²) in [4.78, 5) is 31.9. The van der Waals surface area contributed by atoms with Crippen LogP contribution in [0.1, 0.15) is 34.6 Å². The largest absolute Gasteiger partial charge is 0.494 e. The van der Waals surface area contributed by atoms with Crippen molar-refractivity contribution in [3.8, 4) is 5.75 Å². The van der Waals surface area contributed by atoms with Crippen LogP contribution >= 0.6 is 23.1 Å². The van der Waals surface area contributed by atoms with Crippen molar-refractivity contribution in [3.05, 3.63) is 50.6 Å². The zero-order valence-corrected chi connectivity index (χ0v) is 17.5. The number of aromatic nitrogens is 2. The number of hydrogen-bond donors (Lipinski definition) is 0. The van der Waals surface area contributed by atoms with E-state index >= 15 is 0 Å². The van der Waals surface area contributed by atoms with Gasteiger partial charge in [0.1, 0.15) is 10.6 Å². The number of ketones is 1. The Balaban J connectivity index is 1.84. The molecule has 142 valence electrons. The molecule has 0 spiro atoms. The number of Topliss-reactive ketones (excluding diaryl/α,β-unsaturated/α-hetero) is 1. The highest BCUT2D eigenvalue weighted by molar-refractivity contribution is 7.99. The van der Waals surface area contributed by atoms with Crippen molar-refractivity contribution in [1.82, 2.24) is 9.55 Å². The van der Waals surface area contributed by atoms with Gasteiger partial charge in [0.25, 0.3) is 5.56 Å². The Hall–Kier alpha value is -2.12. The van der Waals surface area contributed by atoms with Crippen LogP contribution in [0.5, 0.6) is 5.75 Å². The first kappa shape index (κ1) is 19.6. The van der Waals surface area contributed by atoms with Gasteiger partial charge in [0.05, 0.1) is 17.7 Å². The van der Waals surface area contributed by atoms with Gasteiger partial charge in [-0.25, -0.2) is 4.98 Å². The predicted molar refractivity (Wildman–Crippen MR) is 112 cm³/mol. The van der Waals surface area contributed by atoms with E-state index in [1.165, 1.54) is 23.1 Å². The third kappa shape index (κ3) is 3.94. The van der Waals surface area contributed by atoms with Gasteiger partial charge in [-0.1, -0.05) is 11.8 Å². The van der Waals surface area contributed by atoms with Crippen LogP contribution in [0.4, 0.5) is 0 Å². The molecule has 0 bridgehead atoms. The molecule has 0 aliphatic rings. The molecule has 2 aromatic heterocycles. The van der Waals surface area contributed by atoms with E-state index in [-0.39, 0.29) is 17.1 Å². The van der Waals surface area contributed by atoms with Crippen LogP contribution in [0.25, 0.3) is 10.2 Å². The number of aryl methyl sites for hydroxylation is 2. The van der Waals surface area contributed by atoms with Crippen molar-refractivity contribution in [2.24, 2.45) is 0 Å². The molecule has 0 fully saturated rings. The lowest BCUT2D eigenvalue weighted by Crippen LogP contribution is -2.22. The number of thioether (sulfide) groups is 1. The summed E-state index contributed by atoms with van der Waals surface area (Å²) in [6.45, 7) is 8.91. The lowest BCUT2D eigenvalue weighted by molar-refractivity contribution is 0.102. The Bertz CT molecular complexity index is 1040. The minimum absolute atomic E-state index is 0.00131. The van der Waals surface area contributed by atoms with E-state index in [1.807, 2.05) is 27.7 Å². The SMILES string of the molecule is CCOc1ccc(C(=O)CSc2nc3sc(C)c(C)c3c(=O)n2CC)cc1. The average Bonchev–Trinajstić information content (AvgIpc) is 2.94. The molecule has 0 aliphatic carbocycles. The maximum absolute atomic E-state index is 12.8. The Kier molecular flexibility index (Phi) is 6.01. The van der Waals surface area contributed by atoms with Gasteiger partial charge >= 0.3 is 0 Å². The number of carbonyl (C=O) groups is 1. The van der Waals surface area contributed by atoms with Crippen LogP contribution < -0.4 is 10.3 Å². The van der Waals surface area contributed by atoms with Crippen molar-refractivity contribution >= 4 is 39.1 Å². The van der Waals surface area contributed by atoms with Gasteiger partial charge in [-0.05, 0) is 57.5 Å². The van der Waals surface area contributed by atoms with Gasteiger partial charge in [0, 0.05) is 17.0 Å². The van der Waals surface area contributed by atoms with Gasteiger partial charge in [-0.3, -0.25) is 14.2 Å². The number of fused-ring (bicyclic) bond motifs is 1. The second-order valence-electron chi connectivity index (χ2n) is 6.08. The molecule has 3 rings (SSSR count). The molecule has 0 saturated carbocycles. The molecule has 0 saturated heterocycles. The lowest BCUT2D eigenvalue weighted by Gasteiger charge is -2.10. The highest BCUT2D eigenvalue weighted by Gasteiger charge is 2.17. The quantitative estimate of drug-likeness (QED) is 0.331. The van der Waals surface area contributed by atoms with E-state index < -0.39 is 0 Å². The number of hydrogen-bond acceptors (Lipinski definition) is 6. The first-order valence-corrected chi connectivity index (χ1v) is 10.7. The minimum Gasteiger partial charge on any atom is -0.494 e. The number of nitrogens with zero attached hydrogens (tertiary/aromatic N) is 2. The fourth-order valence-electron chi connectivity index (χ4n) is 2.81.